The number of benzene rings is 1. The summed E-state index contributed by atoms with van der Waals surface area (Å²) in [5, 5.41) is 5.02. The summed E-state index contributed by atoms with van der Waals surface area (Å²) in [5.41, 5.74) is 0.904. The SMILES string of the molecule is CN(C)C(CNC(=O)/C=C/c1ccc2c(c1)OCCO2)c1cccs1. The third-order valence-electron chi connectivity index (χ3n) is 3.96. The van der Waals surface area contributed by atoms with Gasteiger partial charge in [-0.3, -0.25) is 4.79 Å². The van der Waals surface area contributed by atoms with E-state index in [2.05, 4.69) is 21.7 Å². The number of thiophene rings is 1. The molecule has 0 bridgehead atoms. The van der Waals surface area contributed by atoms with E-state index in [1.54, 1.807) is 23.5 Å². The van der Waals surface area contributed by atoms with Crippen molar-refractivity contribution in [3.8, 4) is 11.5 Å². The minimum atomic E-state index is -0.113. The van der Waals surface area contributed by atoms with Crippen LogP contribution in [0, 0.1) is 0 Å². The Kier molecular flexibility index (Phi) is 5.73. The van der Waals surface area contributed by atoms with Crippen molar-refractivity contribution in [3.05, 3.63) is 52.2 Å². The molecule has 0 saturated carbocycles. The molecule has 1 aromatic carbocycles. The van der Waals surface area contributed by atoms with Crippen LogP contribution >= 0.6 is 11.3 Å². The minimum Gasteiger partial charge on any atom is -0.486 e. The summed E-state index contributed by atoms with van der Waals surface area (Å²) >= 11 is 1.70. The molecule has 0 aliphatic carbocycles. The highest BCUT2D eigenvalue weighted by Gasteiger charge is 2.15. The van der Waals surface area contributed by atoms with Crippen molar-refractivity contribution < 1.29 is 14.3 Å². The van der Waals surface area contributed by atoms with E-state index in [1.807, 2.05) is 38.4 Å². The molecule has 0 radical (unpaired) electrons. The fourth-order valence-electron chi connectivity index (χ4n) is 2.61. The van der Waals surface area contributed by atoms with Crippen molar-refractivity contribution >= 4 is 23.3 Å². The molecule has 1 N–H and O–H groups in total. The molecule has 1 aliphatic heterocycles. The average molecular weight is 358 g/mol. The van der Waals surface area contributed by atoms with E-state index in [9.17, 15) is 4.79 Å². The number of hydrogen-bond donors (Lipinski definition) is 1. The molecule has 2 aromatic rings. The normalized spacial score (nSPS) is 14.7. The van der Waals surface area contributed by atoms with Crippen molar-refractivity contribution in [2.24, 2.45) is 0 Å². The highest BCUT2D eigenvalue weighted by Crippen LogP contribution is 2.31. The zero-order valence-corrected chi connectivity index (χ0v) is 15.2. The molecule has 1 aliphatic rings. The zero-order valence-electron chi connectivity index (χ0n) is 14.4. The minimum absolute atomic E-state index is 0.113. The quantitative estimate of drug-likeness (QED) is 0.807. The summed E-state index contributed by atoms with van der Waals surface area (Å²) in [5.74, 6) is 1.36. The lowest BCUT2D eigenvalue weighted by molar-refractivity contribution is -0.116. The second kappa shape index (κ2) is 8.18. The maximum absolute atomic E-state index is 12.1. The molecule has 1 unspecified atom stereocenters. The van der Waals surface area contributed by atoms with Gasteiger partial charge >= 0.3 is 0 Å². The first-order valence-corrected chi connectivity index (χ1v) is 9.07. The number of hydrogen-bond acceptors (Lipinski definition) is 5. The van der Waals surface area contributed by atoms with Crippen LogP contribution in [-0.4, -0.2) is 44.7 Å². The number of carbonyl (C=O) groups is 1. The van der Waals surface area contributed by atoms with Gasteiger partial charge in [-0.15, -0.1) is 11.3 Å². The standard InChI is InChI=1S/C19H22N2O3S/c1-21(2)15(18-4-3-11-25-18)13-20-19(22)8-6-14-5-7-16-17(12-14)24-10-9-23-16/h3-8,11-12,15H,9-10,13H2,1-2H3,(H,20,22)/b8-6+. The predicted molar refractivity (Wildman–Crippen MR) is 100 cm³/mol. The number of ether oxygens (including phenoxy) is 2. The first-order chi connectivity index (χ1) is 12.1. The smallest absolute Gasteiger partial charge is 0.244 e. The molecule has 0 spiro atoms. The van der Waals surface area contributed by atoms with E-state index in [0.29, 0.717) is 19.8 Å². The molecular weight excluding hydrogens is 336 g/mol. The van der Waals surface area contributed by atoms with Gasteiger partial charge in [0.25, 0.3) is 0 Å². The Balaban J connectivity index is 1.57. The number of fused-ring (bicyclic) bond motifs is 1. The maximum Gasteiger partial charge on any atom is 0.244 e. The van der Waals surface area contributed by atoms with Gasteiger partial charge in [-0.05, 0) is 49.3 Å². The number of amides is 1. The molecular formula is C19H22N2O3S. The van der Waals surface area contributed by atoms with Crippen LogP contribution in [0.4, 0.5) is 0 Å². The second-order valence-corrected chi connectivity index (χ2v) is 6.96. The molecule has 25 heavy (non-hydrogen) atoms. The number of carbonyl (C=O) groups excluding carboxylic acids is 1. The van der Waals surface area contributed by atoms with Crippen LogP contribution in [0.3, 0.4) is 0 Å². The number of nitrogens with one attached hydrogen (secondary N) is 1. The van der Waals surface area contributed by atoms with Crippen LogP contribution in [0.25, 0.3) is 6.08 Å². The Hall–Kier alpha value is -2.31. The van der Waals surface area contributed by atoms with Crippen molar-refractivity contribution in [3.63, 3.8) is 0 Å². The van der Waals surface area contributed by atoms with Gasteiger partial charge in [-0.25, -0.2) is 0 Å². The Morgan fingerprint density at radius 1 is 1.28 bits per heavy atom. The van der Waals surface area contributed by atoms with E-state index in [4.69, 9.17) is 9.47 Å². The zero-order chi connectivity index (χ0) is 17.6. The third kappa shape index (κ3) is 4.61. The van der Waals surface area contributed by atoms with Crippen molar-refractivity contribution in [1.29, 1.82) is 0 Å². The molecule has 132 valence electrons. The fraction of sp³-hybridized carbons (Fsp3) is 0.316. The summed E-state index contributed by atoms with van der Waals surface area (Å²) in [4.78, 5) is 15.5. The molecule has 6 heteroatoms. The van der Waals surface area contributed by atoms with E-state index in [1.165, 1.54) is 4.88 Å². The molecule has 1 amide bonds. The van der Waals surface area contributed by atoms with Crippen LogP contribution in [-0.2, 0) is 4.79 Å². The highest BCUT2D eigenvalue weighted by molar-refractivity contribution is 7.10. The summed E-state index contributed by atoms with van der Waals surface area (Å²) in [6.45, 7) is 1.69. The van der Waals surface area contributed by atoms with Gasteiger partial charge in [-0.1, -0.05) is 12.1 Å². The third-order valence-corrected chi connectivity index (χ3v) is 4.93. The number of rotatable bonds is 6. The fourth-order valence-corrected chi connectivity index (χ4v) is 3.53. The topological polar surface area (TPSA) is 50.8 Å². The highest BCUT2D eigenvalue weighted by atomic mass is 32.1. The van der Waals surface area contributed by atoms with E-state index < -0.39 is 0 Å². The maximum atomic E-state index is 12.1. The average Bonchev–Trinajstić information content (AvgIpc) is 3.14. The van der Waals surface area contributed by atoms with Gasteiger partial charge in [0.05, 0.1) is 6.04 Å². The van der Waals surface area contributed by atoms with Crippen molar-refractivity contribution in [2.45, 2.75) is 6.04 Å². The lowest BCUT2D eigenvalue weighted by Crippen LogP contribution is -2.33. The van der Waals surface area contributed by atoms with Gasteiger partial charge in [0.15, 0.2) is 11.5 Å². The summed E-state index contributed by atoms with van der Waals surface area (Å²) < 4.78 is 11.0. The van der Waals surface area contributed by atoms with Crippen LogP contribution in [0.2, 0.25) is 0 Å². The first-order valence-electron chi connectivity index (χ1n) is 8.19. The summed E-state index contributed by atoms with van der Waals surface area (Å²) in [6, 6.07) is 9.95. The lowest BCUT2D eigenvalue weighted by atomic mass is 10.1. The monoisotopic (exact) mass is 358 g/mol. The van der Waals surface area contributed by atoms with Gasteiger partial charge in [0.2, 0.25) is 5.91 Å². The Morgan fingerprint density at radius 2 is 2.08 bits per heavy atom. The molecule has 0 saturated heterocycles. The molecule has 5 nitrogen and oxygen atoms in total. The molecule has 0 fully saturated rings. The van der Waals surface area contributed by atoms with E-state index in [0.717, 1.165) is 17.1 Å². The van der Waals surface area contributed by atoms with Gasteiger partial charge < -0.3 is 19.7 Å². The van der Waals surface area contributed by atoms with E-state index >= 15 is 0 Å². The van der Waals surface area contributed by atoms with Crippen LogP contribution < -0.4 is 14.8 Å². The Labute approximate surface area is 151 Å². The van der Waals surface area contributed by atoms with Crippen LogP contribution in [0.5, 0.6) is 11.5 Å². The first kappa shape index (κ1) is 17.5. The summed E-state index contributed by atoms with van der Waals surface area (Å²) in [7, 11) is 4.03. The second-order valence-electron chi connectivity index (χ2n) is 5.98. The predicted octanol–water partition coefficient (Wildman–Crippen LogP) is 2.95. The van der Waals surface area contributed by atoms with Crippen LogP contribution in [0.1, 0.15) is 16.5 Å². The van der Waals surface area contributed by atoms with Crippen LogP contribution in [0.15, 0.2) is 41.8 Å². The van der Waals surface area contributed by atoms with Gasteiger partial charge in [0.1, 0.15) is 13.2 Å². The van der Waals surface area contributed by atoms with Gasteiger partial charge in [0, 0.05) is 17.5 Å². The molecule has 2 heterocycles. The molecule has 1 aromatic heterocycles. The van der Waals surface area contributed by atoms with E-state index in [-0.39, 0.29) is 11.9 Å². The molecule has 3 rings (SSSR count). The number of likely N-dealkylation sites (N-methyl/N-ethyl adjacent to an activating group) is 1. The largest absolute Gasteiger partial charge is 0.486 e. The summed E-state index contributed by atoms with van der Waals surface area (Å²) in [6.07, 6.45) is 3.33. The lowest BCUT2D eigenvalue weighted by Gasteiger charge is -2.23. The Bertz CT molecular complexity index is 741. The van der Waals surface area contributed by atoms with Crippen molar-refractivity contribution in [2.75, 3.05) is 33.9 Å². The van der Waals surface area contributed by atoms with Gasteiger partial charge in [-0.2, -0.15) is 0 Å². The Morgan fingerprint density at radius 3 is 2.80 bits per heavy atom. The number of nitrogens with zero attached hydrogens (tertiary/aromatic N) is 1. The molecule has 1 atom stereocenters. The van der Waals surface area contributed by atoms with Crippen molar-refractivity contribution in [1.82, 2.24) is 10.2 Å².